The van der Waals surface area contributed by atoms with Crippen LogP contribution >= 0.6 is 11.6 Å². The summed E-state index contributed by atoms with van der Waals surface area (Å²) < 4.78 is 35.4. The summed E-state index contributed by atoms with van der Waals surface area (Å²) in [6, 6.07) is 18.2. The Kier molecular flexibility index (Phi) is 6.47. The Bertz CT molecular complexity index is 1220. The summed E-state index contributed by atoms with van der Waals surface area (Å²) in [4.78, 5) is 2.44. The molecule has 3 aromatic carbocycles. The number of likely N-dealkylation sites (N-methyl/N-ethyl adjacent to an activating group) is 1. The van der Waals surface area contributed by atoms with Gasteiger partial charge in [0.15, 0.2) is 0 Å². The van der Waals surface area contributed by atoms with E-state index < -0.39 is 10.0 Å². The van der Waals surface area contributed by atoms with Gasteiger partial charge in [0.05, 0.1) is 17.7 Å². The summed E-state index contributed by atoms with van der Waals surface area (Å²) in [7, 11) is 1.98. The third-order valence-electron chi connectivity index (χ3n) is 6.08. The highest BCUT2D eigenvalue weighted by molar-refractivity contribution is 7.92. The van der Waals surface area contributed by atoms with Gasteiger partial charge in [-0.1, -0.05) is 41.9 Å². The molecule has 1 aliphatic carbocycles. The quantitative estimate of drug-likeness (QED) is 0.535. The first-order chi connectivity index (χ1) is 15.3. The Balaban J connectivity index is 1.73. The highest BCUT2D eigenvalue weighted by Crippen LogP contribution is 2.37. The summed E-state index contributed by atoms with van der Waals surface area (Å²) in [5, 5.41) is 0.605. The second-order valence-corrected chi connectivity index (χ2v) is 10.3. The molecular weight excluding hydrogens is 444 g/mol. The number of hydrogen-bond acceptors (Lipinski definition) is 4. The minimum atomic E-state index is -3.82. The second kappa shape index (κ2) is 9.14. The van der Waals surface area contributed by atoms with Crippen LogP contribution in [0.25, 0.3) is 11.1 Å². The van der Waals surface area contributed by atoms with Crippen molar-refractivity contribution >= 4 is 27.3 Å². The SMILES string of the molecule is COc1ccc(NS(=O)(=O)c2ccccc2-c2ccc(Cl)cc2)c2c1C[C@@H](N(C)C)CC2. The van der Waals surface area contributed by atoms with Crippen LogP contribution in [0.2, 0.25) is 5.02 Å². The predicted octanol–water partition coefficient (Wildman–Crippen LogP) is 5.24. The van der Waals surface area contributed by atoms with Crippen LogP contribution in [0.1, 0.15) is 17.5 Å². The van der Waals surface area contributed by atoms with Crippen molar-refractivity contribution in [2.45, 2.75) is 30.2 Å². The van der Waals surface area contributed by atoms with Crippen LogP contribution in [0.5, 0.6) is 5.75 Å². The molecule has 32 heavy (non-hydrogen) atoms. The molecular formula is C25H27ClN2O3S. The maximum absolute atomic E-state index is 13.5. The van der Waals surface area contributed by atoms with Gasteiger partial charge in [-0.2, -0.15) is 0 Å². The van der Waals surface area contributed by atoms with Crippen molar-refractivity contribution in [2.75, 3.05) is 25.9 Å². The predicted molar refractivity (Wildman–Crippen MR) is 130 cm³/mol. The van der Waals surface area contributed by atoms with Gasteiger partial charge in [0.1, 0.15) is 5.75 Å². The average molecular weight is 471 g/mol. The van der Waals surface area contributed by atoms with Crippen LogP contribution in [-0.2, 0) is 22.9 Å². The molecule has 0 aromatic heterocycles. The fourth-order valence-electron chi connectivity index (χ4n) is 4.33. The van der Waals surface area contributed by atoms with Gasteiger partial charge >= 0.3 is 0 Å². The van der Waals surface area contributed by atoms with Crippen molar-refractivity contribution in [2.24, 2.45) is 0 Å². The summed E-state index contributed by atoms with van der Waals surface area (Å²) in [5.74, 6) is 0.802. The molecule has 1 N–H and O–H groups in total. The number of fused-ring (bicyclic) bond motifs is 1. The number of sulfonamides is 1. The summed E-state index contributed by atoms with van der Waals surface area (Å²) in [5.41, 5.74) is 4.12. The third-order valence-corrected chi connectivity index (χ3v) is 7.76. The molecule has 4 rings (SSSR count). The van der Waals surface area contributed by atoms with E-state index in [2.05, 4.69) is 23.7 Å². The van der Waals surface area contributed by atoms with Gasteiger partial charge in [0, 0.05) is 22.2 Å². The molecule has 3 aromatic rings. The van der Waals surface area contributed by atoms with Crippen LogP contribution < -0.4 is 9.46 Å². The standard InChI is InChI=1S/C25H27ClN2O3S/c1-28(2)19-12-13-21-22(16-19)24(31-3)15-14-23(21)27-32(29,30)25-7-5-4-6-20(25)17-8-10-18(26)11-9-17/h4-11,14-15,19,27H,12-13,16H2,1-3H3/t19-/m0/s1. The Morgan fingerprint density at radius 2 is 1.72 bits per heavy atom. The van der Waals surface area contributed by atoms with E-state index in [-0.39, 0.29) is 4.90 Å². The van der Waals surface area contributed by atoms with Crippen LogP contribution in [0, 0.1) is 0 Å². The van der Waals surface area contributed by atoms with Crippen molar-refractivity contribution in [3.05, 3.63) is 76.8 Å². The Labute approximate surface area is 195 Å². The van der Waals surface area contributed by atoms with Crippen molar-refractivity contribution in [3.63, 3.8) is 0 Å². The first kappa shape index (κ1) is 22.6. The molecule has 0 bridgehead atoms. The summed E-state index contributed by atoms with van der Waals surface area (Å²) in [6.07, 6.45) is 2.57. The number of nitrogens with zero attached hydrogens (tertiary/aromatic N) is 1. The Hall–Kier alpha value is -2.54. The van der Waals surface area contributed by atoms with Crippen molar-refractivity contribution in [1.29, 1.82) is 0 Å². The van der Waals surface area contributed by atoms with E-state index >= 15 is 0 Å². The molecule has 7 heteroatoms. The van der Waals surface area contributed by atoms with Crippen LogP contribution in [0.3, 0.4) is 0 Å². The lowest BCUT2D eigenvalue weighted by Gasteiger charge is -2.32. The maximum atomic E-state index is 13.5. The van der Waals surface area contributed by atoms with E-state index in [4.69, 9.17) is 16.3 Å². The first-order valence-electron chi connectivity index (χ1n) is 10.5. The van der Waals surface area contributed by atoms with E-state index in [9.17, 15) is 8.42 Å². The van der Waals surface area contributed by atoms with Crippen LogP contribution in [-0.4, -0.2) is 40.6 Å². The van der Waals surface area contributed by atoms with Gasteiger partial charge in [-0.05, 0) is 74.8 Å². The molecule has 0 heterocycles. The zero-order valence-corrected chi connectivity index (χ0v) is 20.0. The van der Waals surface area contributed by atoms with Gasteiger partial charge < -0.3 is 9.64 Å². The minimum absolute atomic E-state index is 0.230. The van der Waals surface area contributed by atoms with Crippen molar-refractivity contribution in [3.8, 4) is 16.9 Å². The van der Waals surface area contributed by atoms with Crippen molar-refractivity contribution < 1.29 is 13.2 Å². The third kappa shape index (κ3) is 4.49. The fraction of sp³-hybridized carbons (Fsp3) is 0.280. The normalized spacial score (nSPS) is 16.0. The number of halogens is 1. The molecule has 0 radical (unpaired) electrons. The van der Waals surface area contributed by atoms with Gasteiger partial charge in [-0.3, -0.25) is 4.72 Å². The number of hydrogen-bond donors (Lipinski definition) is 1. The molecule has 0 spiro atoms. The number of nitrogens with one attached hydrogen (secondary N) is 1. The summed E-state index contributed by atoms with van der Waals surface area (Å²) in [6.45, 7) is 0. The lowest BCUT2D eigenvalue weighted by atomic mass is 9.86. The molecule has 1 atom stereocenters. The first-order valence-corrected chi connectivity index (χ1v) is 12.4. The smallest absolute Gasteiger partial charge is 0.262 e. The lowest BCUT2D eigenvalue weighted by molar-refractivity contribution is 0.265. The van der Waals surface area contributed by atoms with E-state index in [0.29, 0.717) is 22.3 Å². The molecule has 0 amide bonds. The highest BCUT2D eigenvalue weighted by atomic mass is 35.5. The maximum Gasteiger partial charge on any atom is 0.262 e. The molecule has 0 fully saturated rings. The lowest BCUT2D eigenvalue weighted by Crippen LogP contribution is -2.34. The van der Waals surface area contributed by atoms with Gasteiger partial charge in [-0.15, -0.1) is 0 Å². The van der Waals surface area contributed by atoms with E-state index in [1.54, 1.807) is 37.4 Å². The molecule has 0 saturated carbocycles. The molecule has 1 aliphatic rings. The molecule has 5 nitrogen and oxygen atoms in total. The van der Waals surface area contributed by atoms with E-state index in [1.165, 1.54) is 0 Å². The number of rotatable bonds is 6. The molecule has 168 valence electrons. The second-order valence-electron chi connectivity index (χ2n) is 8.24. The zero-order chi connectivity index (χ0) is 22.9. The number of ether oxygens (including phenoxy) is 1. The molecule has 0 unspecified atom stereocenters. The van der Waals surface area contributed by atoms with Gasteiger partial charge in [-0.25, -0.2) is 8.42 Å². The number of benzene rings is 3. The Morgan fingerprint density at radius 1 is 1.00 bits per heavy atom. The van der Waals surface area contributed by atoms with Gasteiger partial charge in [0.25, 0.3) is 10.0 Å². The fourth-order valence-corrected chi connectivity index (χ4v) is 5.78. The van der Waals surface area contributed by atoms with E-state index in [1.807, 2.05) is 30.3 Å². The molecule has 0 saturated heterocycles. The minimum Gasteiger partial charge on any atom is -0.496 e. The molecule has 0 aliphatic heterocycles. The Morgan fingerprint density at radius 3 is 2.41 bits per heavy atom. The topological polar surface area (TPSA) is 58.6 Å². The van der Waals surface area contributed by atoms with Crippen LogP contribution in [0.15, 0.2) is 65.6 Å². The number of anilines is 1. The van der Waals surface area contributed by atoms with Gasteiger partial charge in [0.2, 0.25) is 0 Å². The van der Waals surface area contributed by atoms with Crippen LogP contribution in [0.4, 0.5) is 5.69 Å². The zero-order valence-electron chi connectivity index (χ0n) is 18.4. The summed E-state index contributed by atoms with van der Waals surface area (Å²) >= 11 is 6.01. The van der Waals surface area contributed by atoms with Crippen molar-refractivity contribution in [1.82, 2.24) is 4.90 Å². The monoisotopic (exact) mass is 470 g/mol. The average Bonchev–Trinajstić information content (AvgIpc) is 2.79. The largest absolute Gasteiger partial charge is 0.496 e. The van der Waals surface area contributed by atoms with E-state index in [0.717, 1.165) is 41.7 Å². The number of methoxy groups -OCH3 is 1. The highest BCUT2D eigenvalue weighted by Gasteiger charge is 2.27.